The van der Waals surface area contributed by atoms with Crippen molar-refractivity contribution in [1.29, 1.82) is 0 Å². The third-order valence-electron chi connectivity index (χ3n) is 3.36. The first-order valence-corrected chi connectivity index (χ1v) is 7.90. The molecule has 0 saturated carbocycles. The molecular formula is C18H16Cl2N4O2. The molecule has 8 heteroatoms. The maximum Gasteiger partial charge on any atom is 0.307 e. The quantitative estimate of drug-likeness (QED) is 0.566. The second-order valence-corrected chi connectivity index (χ2v) is 5.67. The van der Waals surface area contributed by atoms with E-state index in [9.17, 15) is 4.79 Å². The van der Waals surface area contributed by atoms with Gasteiger partial charge in [0.05, 0.1) is 17.1 Å². The lowest BCUT2D eigenvalue weighted by atomic mass is 10.1. The number of carboxylic acid groups (broad SMARTS) is 1. The highest BCUT2D eigenvalue weighted by atomic mass is 35.5. The van der Waals surface area contributed by atoms with E-state index in [1.807, 2.05) is 18.2 Å². The predicted octanol–water partition coefficient (Wildman–Crippen LogP) is 4.67. The van der Waals surface area contributed by atoms with Crippen molar-refractivity contribution in [2.45, 2.75) is 6.42 Å². The smallest absolute Gasteiger partial charge is 0.307 e. The second-order valence-electron chi connectivity index (χ2n) is 5.26. The Morgan fingerprint density at radius 2 is 1.77 bits per heavy atom. The number of halogens is 2. The van der Waals surface area contributed by atoms with Crippen molar-refractivity contribution in [2.24, 2.45) is 0 Å². The first-order valence-electron chi connectivity index (χ1n) is 7.52. The van der Waals surface area contributed by atoms with Crippen LogP contribution in [0.1, 0.15) is 5.56 Å². The molecule has 3 aromatic rings. The first-order chi connectivity index (χ1) is 12.1. The molecular weight excluding hydrogens is 375 g/mol. The summed E-state index contributed by atoms with van der Waals surface area (Å²) in [6, 6.07) is 16.2. The molecule has 0 fully saturated rings. The van der Waals surface area contributed by atoms with Crippen molar-refractivity contribution < 1.29 is 9.90 Å². The highest BCUT2D eigenvalue weighted by Gasteiger charge is 2.04. The minimum Gasteiger partial charge on any atom is -0.481 e. The minimum atomic E-state index is -0.859. The van der Waals surface area contributed by atoms with Gasteiger partial charge in [0.1, 0.15) is 5.82 Å². The summed E-state index contributed by atoms with van der Waals surface area (Å²) >= 11 is 6.13. The Bertz CT molecular complexity index is 888. The van der Waals surface area contributed by atoms with Crippen molar-refractivity contribution in [3.8, 4) is 0 Å². The molecule has 6 nitrogen and oxygen atoms in total. The van der Waals surface area contributed by atoms with Crippen LogP contribution >= 0.6 is 24.0 Å². The van der Waals surface area contributed by atoms with Crippen LogP contribution in [0.15, 0.2) is 60.8 Å². The molecule has 0 aliphatic heterocycles. The van der Waals surface area contributed by atoms with Crippen LogP contribution in [0.2, 0.25) is 5.02 Å². The maximum atomic E-state index is 10.7. The maximum absolute atomic E-state index is 10.7. The van der Waals surface area contributed by atoms with Crippen molar-refractivity contribution in [3.05, 3.63) is 71.4 Å². The zero-order valence-electron chi connectivity index (χ0n) is 13.5. The fraction of sp³-hybridized carbons (Fsp3) is 0.0556. The Labute approximate surface area is 161 Å². The molecule has 0 amide bonds. The fourth-order valence-corrected chi connectivity index (χ4v) is 2.38. The van der Waals surface area contributed by atoms with Gasteiger partial charge in [0.25, 0.3) is 0 Å². The average molecular weight is 391 g/mol. The van der Waals surface area contributed by atoms with Crippen LogP contribution in [-0.2, 0) is 11.2 Å². The molecule has 3 rings (SSSR count). The number of anilines is 4. The number of nitrogens with zero attached hydrogens (tertiary/aromatic N) is 2. The molecule has 26 heavy (non-hydrogen) atoms. The van der Waals surface area contributed by atoms with Gasteiger partial charge < -0.3 is 15.7 Å². The third kappa shape index (κ3) is 5.34. The Morgan fingerprint density at radius 3 is 2.46 bits per heavy atom. The largest absolute Gasteiger partial charge is 0.481 e. The number of carboxylic acids is 1. The number of rotatable bonds is 6. The van der Waals surface area contributed by atoms with E-state index < -0.39 is 5.97 Å². The number of para-hydroxylation sites is 1. The molecule has 0 unspecified atom stereocenters. The van der Waals surface area contributed by atoms with Crippen LogP contribution in [-0.4, -0.2) is 21.0 Å². The molecule has 1 heterocycles. The second kappa shape index (κ2) is 9.03. The first kappa shape index (κ1) is 19.5. The molecule has 3 N–H and O–H groups in total. The monoisotopic (exact) mass is 390 g/mol. The van der Waals surface area contributed by atoms with E-state index in [1.54, 1.807) is 42.6 Å². The number of hydrogen-bond donors (Lipinski definition) is 3. The van der Waals surface area contributed by atoms with E-state index in [4.69, 9.17) is 16.7 Å². The normalized spacial score (nSPS) is 9.88. The van der Waals surface area contributed by atoms with Crippen molar-refractivity contribution in [2.75, 3.05) is 10.6 Å². The lowest BCUT2D eigenvalue weighted by molar-refractivity contribution is -0.136. The van der Waals surface area contributed by atoms with Crippen LogP contribution in [0, 0.1) is 0 Å². The molecule has 0 atom stereocenters. The lowest BCUT2D eigenvalue weighted by Gasteiger charge is -2.09. The van der Waals surface area contributed by atoms with Crippen LogP contribution in [0.3, 0.4) is 0 Å². The number of hydrogen-bond acceptors (Lipinski definition) is 5. The molecule has 0 aliphatic carbocycles. The van der Waals surface area contributed by atoms with Crippen LogP contribution in [0.4, 0.5) is 23.1 Å². The van der Waals surface area contributed by atoms with Gasteiger partial charge in [-0.15, -0.1) is 12.4 Å². The van der Waals surface area contributed by atoms with Gasteiger partial charge in [-0.05, 0) is 35.9 Å². The molecule has 0 saturated heterocycles. The summed E-state index contributed by atoms with van der Waals surface area (Å²) in [6.45, 7) is 0. The zero-order chi connectivity index (χ0) is 17.6. The summed E-state index contributed by atoms with van der Waals surface area (Å²) in [7, 11) is 0. The number of aliphatic carboxylic acids is 1. The summed E-state index contributed by atoms with van der Waals surface area (Å²) in [6.07, 6.45) is 1.63. The molecule has 0 aliphatic rings. The predicted molar refractivity (Wildman–Crippen MR) is 105 cm³/mol. The zero-order valence-corrected chi connectivity index (χ0v) is 15.1. The van der Waals surface area contributed by atoms with E-state index >= 15 is 0 Å². The summed E-state index contributed by atoms with van der Waals surface area (Å²) in [5, 5.41) is 15.6. The highest BCUT2D eigenvalue weighted by Crippen LogP contribution is 2.24. The van der Waals surface area contributed by atoms with E-state index in [1.165, 1.54) is 0 Å². The summed E-state index contributed by atoms with van der Waals surface area (Å²) in [5.41, 5.74) is 2.25. The van der Waals surface area contributed by atoms with Gasteiger partial charge in [-0.2, -0.15) is 4.98 Å². The van der Waals surface area contributed by atoms with Gasteiger partial charge in [-0.25, -0.2) is 4.98 Å². The van der Waals surface area contributed by atoms with Gasteiger partial charge in [-0.3, -0.25) is 4.79 Å². The summed E-state index contributed by atoms with van der Waals surface area (Å²) in [5.74, 6) is 0.165. The standard InChI is InChI=1S/C18H15ClN4O2.ClH/c19-14-3-1-2-4-15(14)22-16-9-10-20-18(23-16)21-13-7-5-12(6-8-13)11-17(24)25;/h1-10H,11H2,(H,24,25)(H2,20,21,22,23);1H. The summed E-state index contributed by atoms with van der Waals surface area (Å²) in [4.78, 5) is 19.3. The average Bonchev–Trinajstić information content (AvgIpc) is 2.59. The lowest BCUT2D eigenvalue weighted by Crippen LogP contribution is -2.02. The molecule has 0 bridgehead atoms. The Kier molecular flexibility index (Phi) is 6.77. The summed E-state index contributed by atoms with van der Waals surface area (Å²) < 4.78 is 0. The Balaban J connectivity index is 0.00000243. The van der Waals surface area contributed by atoms with E-state index in [0.29, 0.717) is 16.8 Å². The van der Waals surface area contributed by atoms with Gasteiger partial charge >= 0.3 is 5.97 Å². The van der Waals surface area contributed by atoms with Gasteiger partial charge in [-0.1, -0.05) is 35.9 Å². The number of benzene rings is 2. The fourth-order valence-electron chi connectivity index (χ4n) is 2.20. The molecule has 134 valence electrons. The van der Waals surface area contributed by atoms with E-state index in [-0.39, 0.29) is 18.8 Å². The molecule has 0 spiro atoms. The Morgan fingerprint density at radius 1 is 1.04 bits per heavy atom. The van der Waals surface area contributed by atoms with Gasteiger partial charge in [0.2, 0.25) is 5.95 Å². The van der Waals surface area contributed by atoms with Crippen molar-refractivity contribution >= 4 is 53.1 Å². The number of aromatic nitrogens is 2. The van der Waals surface area contributed by atoms with Crippen molar-refractivity contribution in [3.63, 3.8) is 0 Å². The van der Waals surface area contributed by atoms with Gasteiger partial charge in [0.15, 0.2) is 0 Å². The topological polar surface area (TPSA) is 87.1 Å². The van der Waals surface area contributed by atoms with Crippen molar-refractivity contribution in [1.82, 2.24) is 9.97 Å². The minimum absolute atomic E-state index is 0. The van der Waals surface area contributed by atoms with Crippen LogP contribution < -0.4 is 10.6 Å². The molecule has 0 radical (unpaired) electrons. The third-order valence-corrected chi connectivity index (χ3v) is 3.69. The molecule has 2 aromatic carbocycles. The van der Waals surface area contributed by atoms with Crippen LogP contribution in [0.5, 0.6) is 0 Å². The number of carbonyl (C=O) groups is 1. The van der Waals surface area contributed by atoms with E-state index in [0.717, 1.165) is 16.9 Å². The van der Waals surface area contributed by atoms with E-state index in [2.05, 4.69) is 20.6 Å². The highest BCUT2D eigenvalue weighted by molar-refractivity contribution is 6.33. The van der Waals surface area contributed by atoms with Crippen LogP contribution in [0.25, 0.3) is 0 Å². The number of nitrogens with one attached hydrogen (secondary N) is 2. The van der Waals surface area contributed by atoms with Gasteiger partial charge in [0, 0.05) is 11.9 Å². The molecule has 1 aromatic heterocycles. The SMILES string of the molecule is Cl.O=C(O)Cc1ccc(Nc2nccc(Nc3ccccc3Cl)n2)cc1. The Hall–Kier alpha value is -2.83.